The largest absolute Gasteiger partial charge is 0.493 e. The van der Waals surface area contributed by atoms with Gasteiger partial charge >= 0.3 is 5.97 Å². The van der Waals surface area contributed by atoms with Gasteiger partial charge in [-0.25, -0.2) is 0 Å². The third kappa shape index (κ3) is 6.54. The first-order chi connectivity index (χ1) is 12.2. The molecule has 0 bridgehead atoms. The van der Waals surface area contributed by atoms with Gasteiger partial charge in [0.25, 0.3) is 0 Å². The average Bonchev–Trinajstić information content (AvgIpc) is 2.63. The van der Waals surface area contributed by atoms with Crippen LogP contribution in [-0.2, 0) is 9.53 Å². The van der Waals surface area contributed by atoms with Gasteiger partial charge in [-0.15, -0.1) is 12.4 Å². The molecule has 0 aliphatic carbocycles. The maximum atomic E-state index is 11.8. The molecular weight excluding hydrogens is 354 g/mol. The lowest BCUT2D eigenvalue weighted by Crippen LogP contribution is -2.39. The third-order valence-corrected chi connectivity index (χ3v) is 4.42. The van der Waals surface area contributed by atoms with Gasteiger partial charge in [0.15, 0.2) is 11.5 Å². The minimum atomic E-state index is -0.0515. The van der Waals surface area contributed by atoms with Crippen molar-refractivity contribution in [3.63, 3.8) is 0 Å². The number of carbonyl (C=O) groups is 1. The van der Waals surface area contributed by atoms with Gasteiger partial charge in [0.2, 0.25) is 0 Å². The third-order valence-electron chi connectivity index (χ3n) is 4.42. The molecule has 1 aromatic rings. The van der Waals surface area contributed by atoms with E-state index in [0.717, 1.165) is 49.5 Å². The van der Waals surface area contributed by atoms with Gasteiger partial charge in [-0.2, -0.15) is 0 Å². The Kier molecular flexibility index (Phi) is 10.1. The zero-order valence-corrected chi connectivity index (χ0v) is 16.7. The normalized spacial score (nSPS) is 15.5. The predicted molar refractivity (Wildman–Crippen MR) is 106 cm³/mol. The summed E-state index contributed by atoms with van der Waals surface area (Å²) in [5, 5.41) is 0. The van der Waals surface area contributed by atoms with E-state index in [0.29, 0.717) is 13.2 Å². The van der Waals surface area contributed by atoms with Crippen LogP contribution < -0.4 is 9.47 Å². The SMILES string of the molecule is C/C=C/c1ccc(OCCN2CCC(C(=O)OCC)CC2)c(OC)c1.Cl. The fraction of sp³-hybridized carbons (Fsp3) is 0.550. The van der Waals surface area contributed by atoms with Gasteiger partial charge in [0.05, 0.1) is 19.6 Å². The number of piperidine rings is 1. The Bertz CT molecular complexity index is 583. The highest BCUT2D eigenvalue weighted by atomic mass is 35.5. The van der Waals surface area contributed by atoms with E-state index in [1.165, 1.54) is 0 Å². The molecule has 1 aliphatic rings. The van der Waals surface area contributed by atoms with E-state index in [4.69, 9.17) is 14.2 Å². The van der Waals surface area contributed by atoms with E-state index >= 15 is 0 Å². The molecule has 146 valence electrons. The van der Waals surface area contributed by atoms with Crippen LogP contribution in [0, 0.1) is 5.92 Å². The quantitative estimate of drug-likeness (QED) is 0.639. The number of likely N-dealkylation sites (tertiary alicyclic amines) is 1. The second-order valence-electron chi connectivity index (χ2n) is 6.13. The van der Waals surface area contributed by atoms with Crippen molar-refractivity contribution in [3.05, 3.63) is 29.8 Å². The first-order valence-corrected chi connectivity index (χ1v) is 9.00. The van der Waals surface area contributed by atoms with Crippen LogP contribution in [0.5, 0.6) is 11.5 Å². The highest BCUT2D eigenvalue weighted by Crippen LogP contribution is 2.28. The lowest BCUT2D eigenvalue weighted by atomic mass is 9.97. The van der Waals surface area contributed by atoms with Gasteiger partial charge < -0.3 is 14.2 Å². The summed E-state index contributed by atoms with van der Waals surface area (Å²) in [6.07, 6.45) is 5.75. The second kappa shape index (κ2) is 11.8. The van der Waals surface area contributed by atoms with Crippen LogP contribution >= 0.6 is 12.4 Å². The van der Waals surface area contributed by atoms with Crippen molar-refractivity contribution in [2.24, 2.45) is 5.92 Å². The molecule has 0 atom stereocenters. The first-order valence-electron chi connectivity index (χ1n) is 9.00. The molecule has 6 heteroatoms. The zero-order valence-electron chi connectivity index (χ0n) is 15.9. The second-order valence-corrected chi connectivity index (χ2v) is 6.13. The van der Waals surface area contributed by atoms with Crippen LogP contribution in [0.4, 0.5) is 0 Å². The molecule has 2 rings (SSSR count). The average molecular weight is 384 g/mol. The first kappa shape index (κ1) is 22.3. The van der Waals surface area contributed by atoms with E-state index < -0.39 is 0 Å². The number of allylic oxidation sites excluding steroid dienone is 1. The summed E-state index contributed by atoms with van der Waals surface area (Å²) < 4.78 is 16.4. The van der Waals surface area contributed by atoms with Crippen LogP contribution in [0.15, 0.2) is 24.3 Å². The number of rotatable bonds is 8. The van der Waals surface area contributed by atoms with E-state index in [2.05, 4.69) is 4.90 Å². The number of ether oxygens (including phenoxy) is 3. The number of benzene rings is 1. The molecule has 1 saturated heterocycles. The minimum absolute atomic E-state index is 0. The van der Waals surface area contributed by atoms with Gasteiger partial charge in [0, 0.05) is 6.54 Å². The fourth-order valence-electron chi connectivity index (χ4n) is 3.04. The van der Waals surface area contributed by atoms with Crippen molar-refractivity contribution < 1.29 is 19.0 Å². The molecular formula is C20H30ClNO4. The summed E-state index contributed by atoms with van der Waals surface area (Å²) in [5.41, 5.74) is 1.09. The summed E-state index contributed by atoms with van der Waals surface area (Å²) in [6.45, 7) is 7.56. The van der Waals surface area contributed by atoms with Crippen LogP contribution in [0.1, 0.15) is 32.3 Å². The molecule has 0 unspecified atom stereocenters. The van der Waals surface area contributed by atoms with E-state index in [1.807, 2.05) is 44.2 Å². The van der Waals surface area contributed by atoms with Crippen LogP contribution in [0.25, 0.3) is 6.08 Å². The summed E-state index contributed by atoms with van der Waals surface area (Å²) in [6, 6.07) is 5.93. The Balaban J connectivity index is 0.00000338. The maximum Gasteiger partial charge on any atom is 0.309 e. The van der Waals surface area contributed by atoms with Gasteiger partial charge in [-0.1, -0.05) is 18.2 Å². The number of nitrogens with zero attached hydrogens (tertiary/aromatic N) is 1. The molecule has 0 spiro atoms. The predicted octanol–water partition coefficient (Wildman–Crippen LogP) is 3.80. The Morgan fingerprint density at radius 3 is 2.62 bits per heavy atom. The Labute approximate surface area is 162 Å². The number of hydrogen-bond donors (Lipinski definition) is 0. The highest BCUT2D eigenvalue weighted by molar-refractivity contribution is 5.85. The molecule has 0 saturated carbocycles. The van der Waals surface area contributed by atoms with Crippen molar-refractivity contribution in [2.75, 3.05) is 40.0 Å². The molecule has 0 aromatic heterocycles. The van der Waals surface area contributed by atoms with Crippen molar-refractivity contribution in [1.82, 2.24) is 4.90 Å². The van der Waals surface area contributed by atoms with E-state index in [1.54, 1.807) is 7.11 Å². The maximum absolute atomic E-state index is 11.8. The standard InChI is InChI=1S/C20H29NO4.ClH/c1-4-6-16-7-8-18(19(15-16)23-3)25-14-13-21-11-9-17(10-12-21)20(22)24-5-2;/h4,6-8,15,17H,5,9-14H2,1-3H3;1H/b6-4+;. The van der Waals surface area contributed by atoms with Crippen molar-refractivity contribution in [3.8, 4) is 11.5 Å². The molecule has 1 aromatic carbocycles. The summed E-state index contributed by atoms with van der Waals surface area (Å²) in [7, 11) is 1.65. The number of esters is 1. The highest BCUT2D eigenvalue weighted by Gasteiger charge is 2.25. The molecule has 0 radical (unpaired) electrons. The van der Waals surface area contributed by atoms with Crippen molar-refractivity contribution in [2.45, 2.75) is 26.7 Å². The molecule has 1 heterocycles. The topological polar surface area (TPSA) is 48.0 Å². The zero-order chi connectivity index (χ0) is 18.1. The molecule has 0 amide bonds. The lowest BCUT2D eigenvalue weighted by molar-refractivity contribution is -0.149. The minimum Gasteiger partial charge on any atom is -0.493 e. The van der Waals surface area contributed by atoms with Gasteiger partial charge in [-0.3, -0.25) is 9.69 Å². The van der Waals surface area contributed by atoms with Crippen molar-refractivity contribution in [1.29, 1.82) is 0 Å². The molecule has 1 aliphatic heterocycles. The summed E-state index contributed by atoms with van der Waals surface area (Å²) in [4.78, 5) is 14.1. The van der Waals surface area contributed by atoms with Gasteiger partial charge in [-0.05, 0) is 57.5 Å². The van der Waals surface area contributed by atoms with Gasteiger partial charge in [0.1, 0.15) is 6.61 Å². The summed E-state index contributed by atoms with van der Waals surface area (Å²) in [5.74, 6) is 1.51. The molecule has 5 nitrogen and oxygen atoms in total. The monoisotopic (exact) mass is 383 g/mol. The van der Waals surface area contributed by atoms with Crippen molar-refractivity contribution >= 4 is 24.5 Å². The molecule has 26 heavy (non-hydrogen) atoms. The fourth-order valence-corrected chi connectivity index (χ4v) is 3.04. The Morgan fingerprint density at radius 2 is 2.00 bits per heavy atom. The van der Waals surface area contributed by atoms with Crippen LogP contribution in [0.2, 0.25) is 0 Å². The number of halogens is 1. The smallest absolute Gasteiger partial charge is 0.309 e. The Morgan fingerprint density at radius 1 is 1.27 bits per heavy atom. The lowest BCUT2D eigenvalue weighted by Gasteiger charge is -2.30. The number of methoxy groups -OCH3 is 1. The number of carbonyl (C=O) groups excluding carboxylic acids is 1. The Hall–Kier alpha value is -1.72. The van der Waals surface area contributed by atoms with Crippen LogP contribution in [-0.4, -0.2) is 50.8 Å². The van der Waals surface area contributed by atoms with E-state index in [9.17, 15) is 4.79 Å². The van der Waals surface area contributed by atoms with E-state index in [-0.39, 0.29) is 24.3 Å². The summed E-state index contributed by atoms with van der Waals surface area (Å²) >= 11 is 0. The number of hydrogen-bond acceptors (Lipinski definition) is 5. The van der Waals surface area contributed by atoms with Crippen LogP contribution in [0.3, 0.4) is 0 Å². The molecule has 0 N–H and O–H groups in total. The molecule has 1 fully saturated rings.